The second kappa shape index (κ2) is 7.91. The molecule has 0 N–H and O–H groups in total. The first-order valence-corrected chi connectivity index (χ1v) is 11.8. The Balaban J connectivity index is 1.65. The lowest BCUT2D eigenvalue weighted by Gasteiger charge is -2.28. The molecule has 0 spiro atoms. The minimum Gasteiger partial charge on any atom is -0.419 e. The maximum absolute atomic E-state index is 14.5. The Morgan fingerprint density at radius 1 is 0.938 bits per heavy atom. The number of hydrogen-bond acceptors (Lipinski definition) is 5. The van der Waals surface area contributed by atoms with E-state index in [0.717, 1.165) is 17.5 Å². The van der Waals surface area contributed by atoms with Crippen molar-refractivity contribution in [2.24, 2.45) is 0 Å². The van der Waals surface area contributed by atoms with E-state index in [-0.39, 0.29) is 27.3 Å². The highest BCUT2D eigenvalue weighted by Gasteiger charge is 2.33. The summed E-state index contributed by atoms with van der Waals surface area (Å²) in [4.78, 5) is 6.29. The first-order valence-electron chi connectivity index (χ1n) is 10.3. The summed E-state index contributed by atoms with van der Waals surface area (Å²) in [6.07, 6.45) is 0.746. The molecule has 4 aromatic rings. The number of sulfone groups is 1. The van der Waals surface area contributed by atoms with Crippen LogP contribution in [0.15, 0.2) is 87.1 Å². The summed E-state index contributed by atoms with van der Waals surface area (Å²) in [6, 6.07) is 20.7. The van der Waals surface area contributed by atoms with Gasteiger partial charge in [-0.25, -0.2) is 12.8 Å². The quantitative estimate of drug-likeness (QED) is 0.430. The summed E-state index contributed by atoms with van der Waals surface area (Å²) in [5.41, 5.74) is 3.39. The van der Waals surface area contributed by atoms with E-state index in [1.807, 2.05) is 30.0 Å². The van der Waals surface area contributed by atoms with Crippen LogP contribution in [-0.4, -0.2) is 19.9 Å². The molecule has 0 aliphatic carbocycles. The normalized spacial score (nSPS) is 13.8. The molecule has 32 heavy (non-hydrogen) atoms. The fraction of sp³-hybridized carbons (Fsp3) is 0.160. The summed E-state index contributed by atoms with van der Waals surface area (Å²) in [7, 11) is -3.98. The summed E-state index contributed by atoms with van der Waals surface area (Å²) in [5, 5.41) is -0.195. The average molecular weight is 449 g/mol. The predicted octanol–water partition coefficient (Wildman–Crippen LogP) is 5.18. The Bertz CT molecular complexity index is 1390. The van der Waals surface area contributed by atoms with Gasteiger partial charge in [-0.15, -0.1) is 0 Å². The zero-order valence-electron chi connectivity index (χ0n) is 17.5. The standard InChI is InChI=1S/C25H21FN2O3S/c1-17-10-12-20(13-11-17)32(29,30)24-25(28-15-14-18-6-2-3-7-19(18)16-28)31-23(27-24)21-8-4-5-9-22(21)26/h2-13H,14-16H2,1H3. The molecule has 0 fully saturated rings. The van der Waals surface area contributed by atoms with Gasteiger partial charge < -0.3 is 9.32 Å². The summed E-state index contributed by atoms with van der Waals surface area (Å²) >= 11 is 0. The number of halogens is 1. The Kier molecular flexibility index (Phi) is 5.06. The van der Waals surface area contributed by atoms with Gasteiger partial charge in [0.2, 0.25) is 26.6 Å². The summed E-state index contributed by atoms with van der Waals surface area (Å²) < 4.78 is 47.5. The Morgan fingerprint density at radius 2 is 1.62 bits per heavy atom. The number of aromatic nitrogens is 1. The molecule has 5 nitrogen and oxygen atoms in total. The summed E-state index contributed by atoms with van der Waals surface area (Å²) in [5.74, 6) is -0.440. The molecule has 3 aromatic carbocycles. The van der Waals surface area contributed by atoms with Crippen molar-refractivity contribution in [3.8, 4) is 11.5 Å². The fourth-order valence-electron chi connectivity index (χ4n) is 3.92. The van der Waals surface area contributed by atoms with Crippen molar-refractivity contribution in [3.63, 3.8) is 0 Å². The third kappa shape index (κ3) is 3.58. The first-order chi connectivity index (χ1) is 15.4. The Hall–Kier alpha value is -3.45. The van der Waals surface area contributed by atoms with Crippen molar-refractivity contribution < 1.29 is 17.2 Å². The molecule has 7 heteroatoms. The van der Waals surface area contributed by atoms with E-state index in [0.29, 0.717) is 13.1 Å². The van der Waals surface area contributed by atoms with Gasteiger partial charge in [-0.3, -0.25) is 0 Å². The number of rotatable bonds is 4. The molecule has 0 saturated carbocycles. The van der Waals surface area contributed by atoms with E-state index in [4.69, 9.17) is 4.42 Å². The van der Waals surface area contributed by atoms with Crippen molar-refractivity contribution in [2.75, 3.05) is 11.4 Å². The number of aryl methyl sites for hydroxylation is 1. The minimum atomic E-state index is -3.98. The molecule has 0 radical (unpaired) electrons. The molecule has 1 aliphatic rings. The molecule has 0 atom stereocenters. The third-order valence-corrected chi connectivity index (χ3v) is 7.36. The molecule has 1 aromatic heterocycles. The van der Waals surface area contributed by atoms with Gasteiger partial charge in [-0.2, -0.15) is 4.98 Å². The molecular weight excluding hydrogens is 427 g/mol. The van der Waals surface area contributed by atoms with Gasteiger partial charge in [0.25, 0.3) is 0 Å². The number of nitrogens with zero attached hydrogens (tertiary/aromatic N) is 2. The molecule has 2 heterocycles. The number of hydrogen-bond donors (Lipinski definition) is 0. The second-order valence-corrected chi connectivity index (χ2v) is 9.73. The third-order valence-electron chi connectivity index (χ3n) is 5.69. The highest BCUT2D eigenvalue weighted by Crippen LogP contribution is 2.37. The lowest BCUT2D eigenvalue weighted by Crippen LogP contribution is -2.31. The molecule has 162 valence electrons. The topological polar surface area (TPSA) is 63.4 Å². The van der Waals surface area contributed by atoms with Crippen LogP contribution in [0.25, 0.3) is 11.5 Å². The van der Waals surface area contributed by atoms with Crippen molar-refractivity contribution in [3.05, 3.63) is 95.3 Å². The van der Waals surface area contributed by atoms with Gasteiger partial charge in [-0.05, 0) is 48.7 Å². The van der Waals surface area contributed by atoms with Crippen molar-refractivity contribution in [1.29, 1.82) is 0 Å². The maximum atomic E-state index is 14.5. The van der Waals surface area contributed by atoms with E-state index < -0.39 is 15.7 Å². The summed E-state index contributed by atoms with van der Waals surface area (Å²) in [6.45, 7) is 2.94. The van der Waals surface area contributed by atoms with Gasteiger partial charge in [0.05, 0.1) is 10.5 Å². The van der Waals surface area contributed by atoms with E-state index in [1.165, 1.54) is 17.7 Å². The lowest BCUT2D eigenvalue weighted by atomic mass is 10.0. The molecular formula is C25H21FN2O3S. The highest BCUT2D eigenvalue weighted by molar-refractivity contribution is 7.91. The Labute approximate surface area is 186 Å². The largest absolute Gasteiger partial charge is 0.419 e. The van der Waals surface area contributed by atoms with E-state index in [1.54, 1.807) is 36.4 Å². The fourth-order valence-corrected chi connectivity index (χ4v) is 5.24. The van der Waals surface area contributed by atoms with Crippen LogP contribution < -0.4 is 4.90 Å². The van der Waals surface area contributed by atoms with Crippen LogP contribution in [-0.2, 0) is 22.8 Å². The molecule has 1 aliphatic heterocycles. The number of benzene rings is 3. The average Bonchev–Trinajstić information content (AvgIpc) is 3.25. The maximum Gasteiger partial charge on any atom is 0.236 e. The van der Waals surface area contributed by atoms with Crippen LogP contribution >= 0.6 is 0 Å². The highest BCUT2D eigenvalue weighted by atomic mass is 32.2. The van der Waals surface area contributed by atoms with Crippen LogP contribution in [0.3, 0.4) is 0 Å². The Morgan fingerprint density at radius 3 is 2.38 bits per heavy atom. The van der Waals surface area contributed by atoms with Crippen LogP contribution in [0.4, 0.5) is 10.3 Å². The zero-order chi connectivity index (χ0) is 22.3. The van der Waals surface area contributed by atoms with Crippen LogP contribution in [0.5, 0.6) is 0 Å². The van der Waals surface area contributed by atoms with Crippen LogP contribution in [0.1, 0.15) is 16.7 Å². The molecule has 5 rings (SSSR count). The first kappa shape index (κ1) is 20.5. The zero-order valence-corrected chi connectivity index (χ0v) is 18.3. The van der Waals surface area contributed by atoms with Crippen LogP contribution in [0, 0.1) is 12.7 Å². The lowest BCUT2D eigenvalue weighted by molar-refractivity contribution is 0.529. The van der Waals surface area contributed by atoms with E-state index in [2.05, 4.69) is 11.1 Å². The number of anilines is 1. The smallest absolute Gasteiger partial charge is 0.236 e. The monoisotopic (exact) mass is 448 g/mol. The van der Waals surface area contributed by atoms with Gasteiger partial charge in [-0.1, -0.05) is 54.1 Å². The second-order valence-electron chi connectivity index (χ2n) is 7.87. The van der Waals surface area contributed by atoms with Gasteiger partial charge in [0, 0.05) is 13.1 Å². The number of fused-ring (bicyclic) bond motifs is 1. The van der Waals surface area contributed by atoms with Gasteiger partial charge in [0.1, 0.15) is 5.82 Å². The van der Waals surface area contributed by atoms with Crippen LogP contribution in [0.2, 0.25) is 0 Å². The number of oxazole rings is 1. The predicted molar refractivity (Wildman–Crippen MR) is 120 cm³/mol. The SMILES string of the molecule is Cc1ccc(S(=O)(=O)c2nc(-c3ccccc3F)oc2N2CCc3ccccc3C2)cc1. The minimum absolute atomic E-state index is 0.0531. The van der Waals surface area contributed by atoms with Crippen molar-refractivity contribution in [2.45, 2.75) is 29.8 Å². The molecule has 0 unspecified atom stereocenters. The van der Waals surface area contributed by atoms with Gasteiger partial charge >= 0.3 is 0 Å². The van der Waals surface area contributed by atoms with Crippen molar-refractivity contribution >= 4 is 15.7 Å². The van der Waals surface area contributed by atoms with Gasteiger partial charge in [0.15, 0.2) is 0 Å². The van der Waals surface area contributed by atoms with Crippen molar-refractivity contribution in [1.82, 2.24) is 4.98 Å². The van der Waals surface area contributed by atoms with E-state index >= 15 is 0 Å². The molecule has 0 bridgehead atoms. The molecule has 0 amide bonds. The molecule has 0 saturated heterocycles. The van der Waals surface area contributed by atoms with E-state index in [9.17, 15) is 12.8 Å².